The van der Waals surface area contributed by atoms with Crippen molar-refractivity contribution < 1.29 is 4.79 Å². The number of hydrogen-bond donors (Lipinski definition) is 0. The van der Waals surface area contributed by atoms with Gasteiger partial charge in [-0.1, -0.05) is 12.1 Å². The third-order valence-electron chi connectivity index (χ3n) is 3.82. The van der Waals surface area contributed by atoms with Gasteiger partial charge in [-0.2, -0.15) is 11.3 Å². The fraction of sp³-hybridized carbons (Fsp3) is 0.176. The van der Waals surface area contributed by atoms with Crippen LogP contribution in [-0.4, -0.2) is 17.4 Å². The number of hydrogen-bond acceptors (Lipinski definition) is 4. The molecule has 0 unspecified atom stereocenters. The smallest absolute Gasteiger partial charge is 0.227 e. The number of carbonyl (C=O) groups excluding carboxylic acids is 1. The molecule has 0 aliphatic carbocycles. The number of carbonyl (C=O) groups is 1. The normalized spacial score (nSPS) is 14.7. The number of thiophene rings is 1. The molecule has 0 bridgehead atoms. The van der Waals surface area contributed by atoms with E-state index in [0.717, 1.165) is 34.9 Å². The van der Waals surface area contributed by atoms with Gasteiger partial charge in [-0.15, -0.1) is 11.3 Å². The van der Waals surface area contributed by atoms with Crippen LogP contribution in [-0.2, 0) is 4.79 Å². The molecular weight excluding hydrogens is 312 g/mol. The minimum Gasteiger partial charge on any atom is -0.312 e. The Labute approximate surface area is 136 Å². The Hall–Kier alpha value is -1.98. The first-order chi connectivity index (χ1) is 10.8. The zero-order valence-corrected chi connectivity index (χ0v) is 13.5. The van der Waals surface area contributed by atoms with Crippen molar-refractivity contribution in [2.24, 2.45) is 0 Å². The van der Waals surface area contributed by atoms with Crippen LogP contribution < -0.4 is 4.90 Å². The summed E-state index contributed by atoms with van der Waals surface area (Å²) in [4.78, 5) is 18.4. The van der Waals surface area contributed by atoms with Gasteiger partial charge in [0.25, 0.3) is 0 Å². The summed E-state index contributed by atoms with van der Waals surface area (Å²) in [6, 6.07) is 10.2. The predicted molar refractivity (Wildman–Crippen MR) is 92.5 cm³/mol. The van der Waals surface area contributed by atoms with E-state index in [9.17, 15) is 4.79 Å². The van der Waals surface area contributed by atoms with Gasteiger partial charge in [0.05, 0.1) is 5.69 Å². The van der Waals surface area contributed by atoms with Crippen LogP contribution in [0.3, 0.4) is 0 Å². The molecule has 0 atom stereocenters. The van der Waals surface area contributed by atoms with Crippen molar-refractivity contribution in [1.29, 1.82) is 0 Å². The molecule has 1 amide bonds. The molecule has 1 fully saturated rings. The quantitative estimate of drug-likeness (QED) is 0.701. The number of thiazole rings is 1. The predicted octanol–water partition coefficient (Wildman–Crippen LogP) is 4.67. The van der Waals surface area contributed by atoms with Gasteiger partial charge in [0.15, 0.2) is 0 Å². The summed E-state index contributed by atoms with van der Waals surface area (Å²) in [6.45, 7) is 0.831. The molecule has 110 valence electrons. The highest BCUT2D eigenvalue weighted by Gasteiger charge is 2.21. The maximum Gasteiger partial charge on any atom is 0.227 e. The van der Waals surface area contributed by atoms with E-state index in [4.69, 9.17) is 4.98 Å². The molecular formula is C17H14N2OS2. The average Bonchev–Trinajstić information content (AvgIpc) is 3.28. The van der Waals surface area contributed by atoms with Crippen LogP contribution in [0.4, 0.5) is 5.69 Å². The van der Waals surface area contributed by atoms with Gasteiger partial charge < -0.3 is 4.90 Å². The summed E-state index contributed by atoms with van der Waals surface area (Å²) in [5, 5.41) is 7.32. The molecule has 1 aliphatic heterocycles. The molecule has 1 saturated heterocycles. The van der Waals surface area contributed by atoms with Crippen molar-refractivity contribution in [1.82, 2.24) is 4.98 Å². The van der Waals surface area contributed by atoms with Crippen molar-refractivity contribution in [3.8, 4) is 21.8 Å². The Kier molecular flexibility index (Phi) is 3.52. The summed E-state index contributed by atoms with van der Waals surface area (Å²) >= 11 is 3.35. The second kappa shape index (κ2) is 5.66. The number of rotatable bonds is 3. The SMILES string of the molecule is O=C1CCCN1c1ccc(-c2csc(-c3ccsc3)n2)cc1. The minimum absolute atomic E-state index is 0.223. The second-order valence-corrected chi connectivity index (χ2v) is 6.88. The fourth-order valence-electron chi connectivity index (χ4n) is 2.66. The van der Waals surface area contributed by atoms with Crippen LogP contribution in [0.5, 0.6) is 0 Å². The topological polar surface area (TPSA) is 33.2 Å². The molecule has 1 aromatic carbocycles. The molecule has 0 spiro atoms. The number of nitrogens with zero attached hydrogens (tertiary/aromatic N) is 2. The molecule has 3 heterocycles. The van der Waals surface area contributed by atoms with Crippen LogP contribution in [0.25, 0.3) is 21.8 Å². The van der Waals surface area contributed by atoms with Gasteiger partial charge in [0, 0.05) is 40.5 Å². The lowest BCUT2D eigenvalue weighted by molar-refractivity contribution is -0.117. The monoisotopic (exact) mass is 326 g/mol. The summed E-state index contributed by atoms with van der Waals surface area (Å²) in [6.07, 6.45) is 1.62. The van der Waals surface area contributed by atoms with Gasteiger partial charge >= 0.3 is 0 Å². The van der Waals surface area contributed by atoms with Crippen molar-refractivity contribution in [2.75, 3.05) is 11.4 Å². The molecule has 0 N–H and O–H groups in total. The summed E-state index contributed by atoms with van der Waals surface area (Å²) in [5.74, 6) is 0.223. The van der Waals surface area contributed by atoms with Gasteiger partial charge in [-0.05, 0) is 30.0 Å². The lowest BCUT2D eigenvalue weighted by Gasteiger charge is -2.15. The molecule has 0 saturated carbocycles. The minimum atomic E-state index is 0.223. The van der Waals surface area contributed by atoms with E-state index >= 15 is 0 Å². The molecule has 4 rings (SSSR count). The van der Waals surface area contributed by atoms with E-state index < -0.39 is 0 Å². The van der Waals surface area contributed by atoms with Crippen LogP contribution in [0.1, 0.15) is 12.8 Å². The first kappa shape index (κ1) is 13.7. The molecule has 2 aromatic heterocycles. The standard InChI is InChI=1S/C17H14N2OS2/c20-16-2-1-8-19(16)14-5-3-12(4-6-14)15-11-22-17(18-15)13-7-9-21-10-13/h3-7,9-11H,1-2,8H2. The number of benzene rings is 1. The maximum absolute atomic E-state index is 11.8. The van der Waals surface area contributed by atoms with E-state index in [1.807, 2.05) is 29.2 Å². The maximum atomic E-state index is 11.8. The van der Waals surface area contributed by atoms with Crippen LogP contribution in [0.15, 0.2) is 46.5 Å². The first-order valence-corrected chi connectivity index (χ1v) is 9.02. The highest BCUT2D eigenvalue weighted by atomic mass is 32.1. The first-order valence-electron chi connectivity index (χ1n) is 7.20. The van der Waals surface area contributed by atoms with Crippen LogP contribution >= 0.6 is 22.7 Å². The van der Waals surface area contributed by atoms with Crippen LogP contribution in [0, 0.1) is 0 Å². The summed E-state index contributed by atoms with van der Waals surface area (Å²) in [7, 11) is 0. The largest absolute Gasteiger partial charge is 0.312 e. The Balaban J connectivity index is 1.59. The molecule has 3 nitrogen and oxygen atoms in total. The van der Waals surface area contributed by atoms with Gasteiger partial charge in [-0.25, -0.2) is 4.98 Å². The zero-order valence-electron chi connectivity index (χ0n) is 11.9. The third kappa shape index (κ3) is 2.46. The van der Waals surface area contributed by atoms with E-state index in [0.29, 0.717) is 6.42 Å². The van der Waals surface area contributed by atoms with Gasteiger partial charge in [0.2, 0.25) is 5.91 Å². The Bertz CT molecular complexity index is 790. The highest BCUT2D eigenvalue weighted by Crippen LogP contribution is 2.31. The summed E-state index contributed by atoms with van der Waals surface area (Å²) in [5.41, 5.74) is 4.25. The molecule has 1 aliphatic rings. The zero-order chi connectivity index (χ0) is 14.9. The Morgan fingerprint density at radius 2 is 1.91 bits per heavy atom. The molecule has 22 heavy (non-hydrogen) atoms. The Morgan fingerprint density at radius 1 is 1.05 bits per heavy atom. The van der Waals surface area contributed by atoms with Crippen molar-refractivity contribution >= 4 is 34.3 Å². The molecule has 0 radical (unpaired) electrons. The number of aromatic nitrogens is 1. The Morgan fingerprint density at radius 3 is 2.59 bits per heavy atom. The van der Waals surface area contributed by atoms with Gasteiger partial charge in [-0.3, -0.25) is 4.79 Å². The molecule has 3 aromatic rings. The van der Waals surface area contributed by atoms with Crippen molar-refractivity contribution in [2.45, 2.75) is 12.8 Å². The molecule has 5 heteroatoms. The van der Waals surface area contributed by atoms with Crippen molar-refractivity contribution in [3.63, 3.8) is 0 Å². The summed E-state index contributed by atoms with van der Waals surface area (Å²) < 4.78 is 0. The van der Waals surface area contributed by atoms with Gasteiger partial charge in [0.1, 0.15) is 5.01 Å². The van der Waals surface area contributed by atoms with E-state index in [1.165, 1.54) is 5.56 Å². The lowest BCUT2D eigenvalue weighted by Crippen LogP contribution is -2.23. The lowest BCUT2D eigenvalue weighted by atomic mass is 10.1. The van der Waals surface area contributed by atoms with E-state index in [2.05, 4.69) is 22.2 Å². The highest BCUT2D eigenvalue weighted by molar-refractivity contribution is 7.14. The van der Waals surface area contributed by atoms with E-state index in [-0.39, 0.29) is 5.91 Å². The van der Waals surface area contributed by atoms with E-state index in [1.54, 1.807) is 22.7 Å². The number of anilines is 1. The average molecular weight is 326 g/mol. The van der Waals surface area contributed by atoms with Crippen molar-refractivity contribution in [3.05, 3.63) is 46.5 Å². The third-order valence-corrected chi connectivity index (χ3v) is 5.40. The fourth-order valence-corrected chi connectivity index (χ4v) is 4.20. The van der Waals surface area contributed by atoms with Crippen LogP contribution in [0.2, 0.25) is 0 Å². The second-order valence-electron chi connectivity index (χ2n) is 5.25. The number of amides is 1.